The lowest BCUT2D eigenvalue weighted by Crippen LogP contribution is -2.05. The maximum absolute atomic E-state index is 13.4. The molecule has 5 heteroatoms. The van der Waals surface area contributed by atoms with Crippen molar-refractivity contribution in [3.8, 4) is 0 Å². The number of allylic oxidation sites excluding steroid dienone is 1. The molecule has 0 saturated heterocycles. The Balaban J connectivity index is 3.18. The molecule has 0 radical (unpaired) electrons. The average molecular weight is 244 g/mol. The predicted molar refractivity (Wildman–Crippen MR) is 61.2 cm³/mol. The highest BCUT2D eigenvalue weighted by atomic mass is 35.5. The molecule has 0 heterocycles. The molecule has 0 spiro atoms. The Morgan fingerprint density at radius 3 is 2.62 bits per heavy atom. The molecule has 16 heavy (non-hydrogen) atoms. The highest BCUT2D eigenvalue weighted by molar-refractivity contribution is 6.30. The van der Waals surface area contributed by atoms with Crippen LogP contribution in [0.25, 0.3) is 6.08 Å². The van der Waals surface area contributed by atoms with E-state index >= 15 is 0 Å². The fraction of sp³-hybridized carbons (Fsp3) is 0.273. The maximum atomic E-state index is 13.4. The van der Waals surface area contributed by atoms with Gasteiger partial charge in [0, 0.05) is 22.6 Å². The van der Waals surface area contributed by atoms with Crippen molar-refractivity contribution in [1.29, 1.82) is 0 Å². The van der Waals surface area contributed by atoms with Crippen LogP contribution in [0, 0.1) is 21.8 Å². The van der Waals surface area contributed by atoms with Gasteiger partial charge in [-0.15, -0.1) is 0 Å². The molecule has 0 aliphatic rings. The minimum atomic E-state index is -0.562. The molecule has 3 nitrogen and oxygen atoms in total. The molecule has 1 aromatic carbocycles. The van der Waals surface area contributed by atoms with E-state index in [2.05, 4.69) is 0 Å². The lowest BCUT2D eigenvalue weighted by molar-refractivity contribution is -0.431. The Hall–Kier alpha value is -1.42. The lowest BCUT2D eigenvalue weighted by atomic mass is 10.1. The second-order valence-electron chi connectivity index (χ2n) is 3.65. The summed E-state index contributed by atoms with van der Waals surface area (Å²) in [7, 11) is 0. The number of nitrogens with zero attached hydrogens (tertiary/aromatic N) is 1. The van der Waals surface area contributed by atoms with Crippen molar-refractivity contribution in [2.45, 2.75) is 13.8 Å². The van der Waals surface area contributed by atoms with Crippen LogP contribution in [0.5, 0.6) is 0 Å². The van der Waals surface area contributed by atoms with Crippen molar-refractivity contribution < 1.29 is 9.31 Å². The summed E-state index contributed by atoms with van der Waals surface area (Å²) in [6.45, 7) is 3.37. The smallest absolute Gasteiger partial charge is 0.249 e. The number of hydrogen-bond donors (Lipinski definition) is 0. The zero-order valence-electron chi connectivity index (χ0n) is 8.91. The van der Waals surface area contributed by atoms with Crippen LogP contribution in [0.2, 0.25) is 5.02 Å². The molecule has 0 bridgehead atoms. The number of rotatable bonds is 3. The third kappa shape index (κ3) is 3.03. The second-order valence-corrected chi connectivity index (χ2v) is 4.08. The summed E-state index contributed by atoms with van der Waals surface area (Å²) in [5.74, 6) is -0.836. The van der Waals surface area contributed by atoms with Crippen molar-refractivity contribution in [3.63, 3.8) is 0 Å². The van der Waals surface area contributed by atoms with Gasteiger partial charge in [0.15, 0.2) is 0 Å². The first-order valence-electron chi connectivity index (χ1n) is 4.73. The average Bonchev–Trinajstić information content (AvgIpc) is 2.15. The summed E-state index contributed by atoms with van der Waals surface area (Å²) in [6.07, 6.45) is 1.23. The van der Waals surface area contributed by atoms with Gasteiger partial charge in [-0.3, -0.25) is 10.1 Å². The Bertz CT molecular complexity index is 444. The molecule has 0 N–H and O–H groups in total. The van der Waals surface area contributed by atoms with E-state index in [0.717, 1.165) is 6.07 Å². The van der Waals surface area contributed by atoms with Gasteiger partial charge in [0.05, 0.1) is 4.92 Å². The van der Waals surface area contributed by atoms with Gasteiger partial charge in [-0.25, -0.2) is 4.39 Å². The van der Waals surface area contributed by atoms with Crippen molar-refractivity contribution in [2.75, 3.05) is 0 Å². The highest BCUT2D eigenvalue weighted by Crippen LogP contribution is 2.20. The second kappa shape index (κ2) is 5.07. The number of nitro groups is 1. The SMILES string of the molecule is CC(C)/C(=C/c1ccc(Cl)cc1F)[N+](=O)[O-]. The molecular weight excluding hydrogens is 233 g/mol. The quantitative estimate of drug-likeness (QED) is 0.599. The molecule has 0 aliphatic carbocycles. The monoisotopic (exact) mass is 243 g/mol. The summed E-state index contributed by atoms with van der Waals surface area (Å²) < 4.78 is 13.4. The number of hydrogen-bond acceptors (Lipinski definition) is 2. The molecule has 0 unspecified atom stereocenters. The van der Waals surface area contributed by atoms with Crippen LogP contribution in [-0.4, -0.2) is 4.92 Å². The van der Waals surface area contributed by atoms with E-state index in [0.29, 0.717) is 0 Å². The van der Waals surface area contributed by atoms with Crippen molar-refractivity contribution in [3.05, 3.63) is 50.4 Å². The van der Waals surface area contributed by atoms with Crippen LogP contribution in [0.3, 0.4) is 0 Å². The van der Waals surface area contributed by atoms with Gasteiger partial charge in [0.2, 0.25) is 5.70 Å². The van der Waals surface area contributed by atoms with Crippen LogP contribution in [0.15, 0.2) is 23.9 Å². The van der Waals surface area contributed by atoms with E-state index < -0.39 is 10.7 Å². The first kappa shape index (κ1) is 12.6. The fourth-order valence-corrected chi connectivity index (χ4v) is 1.37. The topological polar surface area (TPSA) is 43.1 Å². The Morgan fingerprint density at radius 2 is 2.19 bits per heavy atom. The number of halogens is 2. The zero-order valence-corrected chi connectivity index (χ0v) is 9.66. The summed E-state index contributed by atoms with van der Waals surface area (Å²) in [5.41, 5.74) is 0.144. The Morgan fingerprint density at radius 1 is 1.56 bits per heavy atom. The molecule has 0 aliphatic heterocycles. The molecule has 0 saturated carbocycles. The molecule has 1 rings (SSSR count). The highest BCUT2D eigenvalue weighted by Gasteiger charge is 2.16. The third-order valence-corrected chi connectivity index (χ3v) is 2.30. The van der Waals surface area contributed by atoms with E-state index in [1.807, 2.05) is 0 Å². The molecule has 1 aromatic rings. The van der Waals surface area contributed by atoms with Gasteiger partial charge < -0.3 is 0 Å². The van der Waals surface area contributed by atoms with E-state index in [9.17, 15) is 14.5 Å². The summed E-state index contributed by atoms with van der Waals surface area (Å²) >= 11 is 5.58. The first-order valence-corrected chi connectivity index (χ1v) is 5.10. The van der Waals surface area contributed by atoms with Crippen molar-refractivity contribution in [1.82, 2.24) is 0 Å². The Kier molecular flexibility index (Phi) is 4.01. The first-order chi connectivity index (χ1) is 7.41. The maximum Gasteiger partial charge on any atom is 0.249 e. The molecule has 0 atom stereocenters. The largest absolute Gasteiger partial charge is 0.259 e. The van der Waals surface area contributed by atoms with E-state index in [-0.39, 0.29) is 22.2 Å². The van der Waals surface area contributed by atoms with Gasteiger partial charge >= 0.3 is 0 Å². The standard InChI is InChI=1S/C11H11ClFNO2/c1-7(2)11(14(15)16)5-8-3-4-9(12)6-10(8)13/h3-7H,1-2H3/b11-5-. The summed E-state index contributed by atoms with van der Waals surface area (Å²) in [4.78, 5) is 10.2. The van der Waals surface area contributed by atoms with E-state index in [1.54, 1.807) is 13.8 Å². The van der Waals surface area contributed by atoms with Crippen LogP contribution in [0.4, 0.5) is 4.39 Å². The molecule has 86 valence electrons. The van der Waals surface area contributed by atoms with Crippen LogP contribution >= 0.6 is 11.6 Å². The van der Waals surface area contributed by atoms with Crippen molar-refractivity contribution >= 4 is 17.7 Å². The molecule has 0 amide bonds. The summed E-state index contributed by atoms with van der Waals surface area (Å²) in [5, 5.41) is 11.0. The molecule has 0 fully saturated rings. The van der Waals surface area contributed by atoms with Gasteiger partial charge in [-0.2, -0.15) is 0 Å². The minimum absolute atomic E-state index is 0.0266. The van der Waals surface area contributed by atoms with Gasteiger partial charge in [-0.05, 0) is 12.1 Å². The van der Waals surface area contributed by atoms with Crippen LogP contribution < -0.4 is 0 Å². The predicted octanol–water partition coefficient (Wildman–Crippen LogP) is 3.75. The molecular formula is C11H11ClFNO2. The third-order valence-electron chi connectivity index (χ3n) is 2.07. The number of benzene rings is 1. The Labute approximate surface area is 97.7 Å². The van der Waals surface area contributed by atoms with Gasteiger partial charge in [0.1, 0.15) is 5.82 Å². The minimum Gasteiger partial charge on any atom is -0.259 e. The van der Waals surface area contributed by atoms with Crippen LogP contribution in [-0.2, 0) is 0 Å². The van der Waals surface area contributed by atoms with Crippen LogP contribution in [0.1, 0.15) is 19.4 Å². The fourth-order valence-electron chi connectivity index (χ4n) is 1.21. The summed E-state index contributed by atoms with van der Waals surface area (Å²) in [6, 6.07) is 4.04. The van der Waals surface area contributed by atoms with E-state index in [1.165, 1.54) is 18.2 Å². The van der Waals surface area contributed by atoms with Gasteiger partial charge in [0.25, 0.3) is 0 Å². The van der Waals surface area contributed by atoms with E-state index in [4.69, 9.17) is 11.6 Å². The normalized spacial score (nSPS) is 11.9. The lowest BCUT2D eigenvalue weighted by Gasteiger charge is -2.02. The van der Waals surface area contributed by atoms with Crippen molar-refractivity contribution in [2.24, 2.45) is 5.92 Å². The zero-order chi connectivity index (χ0) is 12.3. The van der Waals surface area contributed by atoms with Gasteiger partial charge in [-0.1, -0.05) is 31.5 Å². The molecule has 0 aromatic heterocycles.